The van der Waals surface area contributed by atoms with Crippen molar-refractivity contribution in [1.29, 1.82) is 0 Å². The first-order valence-electron chi connectivity index (χ1n) is 8.52. The zero-order valence-corrected chi connectivity index (χ0v) is 13.5. The van der Waals surface area contributed by atoms with E-state index in [-0.39, 0.29) is 11.3 Å². The molecule has 1 saturated carbocycles. The van der Waals surface area contributed by atoms with Gasteiger partial charge in [0.2, 0.25) is 5.91 Å². The molecule has 1 atom stereocenters. The van der Waals surface area contributed by atoms with Gasteiger partial charge in [-0.1, -0.05) is 33.1 Å². The summed E-state index contributed by atoms with van der Waals surface area (Å²) in [6.07, 6.45) is 8.16. The van der Waals surface area contributed by atoms with Crippen LogP contribution in [0.4, 0.5) is 0 Å². The van der Waals surface area contributed by atoms with Crippen LogP contribution in [0.5, 0.6) is 0 Å². The first kappa shape index (κ1) is 16.3. The predicted molar refractivity (Wildman–Crippen MR) is 82.0 cm³/mol. The second-order valence-corrected chi connectivity index (χ2v) is 7.01. The highest BCUT2D eigenvalue weighted by Gasteiger charge is 2.47. The van der Waals surface area contributed by atoms with Gasteiger partial charge >= 0.3 is 5.97 Å². The SMILES string of the molecule is CCCC1(C(=O)O)CCCN(C(=O)C2(CC)CCCC2)C1. The summed E-state index contributed by atoms with van der Waals surface area (Å²) in [7, 11) is 0. The molecule has 0 radical (unpaired) electrons. The Morgan fingerprint density at radius 3 is 2.19 bits per heavy atom. The van der Waals surface area contributed by atoms with E-state index in [9.17, 15) is 14.7 Å². The zero-order chi connectivity index (χ0) is 15.5. The smallest absolute Gasteiger partial charge is 0.311 e. The molecule has 1 N–H and O–H groups in total. The van der Waals surface area contributed by atoms with E-state index >= 15 is 0 Å². The van der Waals surface area contributed by atoms with Gasteiger partial charge in [-0.15, -0.1) is 0 Å². The maximum atomic E-state index is 13.0. The van der Waals surface area contributed by atoms with E-state index in [1.54, 1.807) is 0 Å². The highest BCUT2D eigenvalue weighted by Crippen LogP contribution is 2.44. The van der Waals surface area contributed by atoms with Crippen molar-refractivity contribution < 1.29 is 14.7 Å². The van der Waals surface area contributed by atoms with E-state index in [0.29, 0.717) is 19.4 Å². The highest BCUT2D eigenvalue weighted by molar-refractivity contribution is 5.84. The number of carbonyl (C=O) groups is 2. The fourth-order valence-electron chi connectivity index (χ4n) is 4.38. The zero-order valence-electron chi connectivity index (χ0n) is 13.5. The number of hydrogen-bond acceptors (Lipinski definition) is 2. The van der Waals surface area contributed by atoms with Crippen LogP contribution in [0.2, 0.25) is 0 Å². The Morgan fingerprint density at radius 1 is 1.05 bits per heavy atom. The second kappa shape index (κ2) is 6.37. The van der Waals surface area contributed by atoms with Gasteiger partial charge in [-0.25, -0.2) is 0 Å². The molecule has 0 aromatic carbocycles. The van der Waals surface area contributed by atoms with Gasteiger partial charge in [-0.3, -0.25) is 9.59 Å². The first-order valence-corrected chi connectivity index (χ1v) is 8.52. The number of carboxylic acid groups (broad SMARTS) is 1. The number of likely N-dealkylation sites (tertiary alicyclic amines) is 1. The summed E-state index contributed by atoms with van der Waals surface area (Å²) < 4.78 is 0. The number of rotatable bonds is 5. The molecule has 1 aliphatic carbocycles. The first-order chi connectivity index (χ1) is 9.99. The monoisotopic (exact) mass is 295 g/mol. The summed E-state index contributed by atoms with van der Waals surface area (Å²) in [6.45, 7) is 5.27. The van der Waals surface area contributed by atoms with Gasteiger partial charge in [-0.05, 0) is 38.5 Å². The maximum absolute atomic E-state index is 13.0. The summed E-state index contributed by atoms with van der Waals surface area (Å²) in [5.41, 5.74) is -0.913. The number of carboxylic acids is 1. The average Bonchev–Trinajstić information content (AvgIpc) is 2.97. The number of amides is 1. The molecular formula is C17H29NO3. The van der Waals surface area contributed by atoms with Crippen molar-refractivity contribution in [1.82, 2.24) is 4.90 Å². The van der Waals surface area contributed by atoms with Crippen LogP contribution < -0.4 is 0 Å². The quantitative estimate of drug-likeness (QED) is 0.845. The Morgan fingerprint density at radius 2 is 1.67 bits per heavy atom. The van der Waals surface area contributed by atoms with Crippen molar-refractivity contribution in [2.24, 2.45) is 10.8 Å². The Hall–Kier alpha value is -1.06. The standard InChI is InChI=1S/C17H29NO3/c1-3-8-17(15(20)21)11-7-12-18(13-17)14(19)16(4-2)9-5-6-10-16/h3-13H2,1-2H3,(H,20,21). The molecule has 2 fully saturated rings. The van der Waals surface area contributed by atoms with Gasteiger partial charge in [0, 0.05) is 18.5 Å². The van der Waals surface area contributed by atoms with Crippen molar-refractivity contribution in [2.75, 3.05) is 13.1 Å². The third-order valence-electron chi connectivity index (χ3n) is 5.74. The minimum atomic E-state index is -0.723. The topological polar surface area (TPSA) is 57.6 Å². The van der Waals surface area contributed by atoms with E-state index in [4.69, 9.17) is 0 Å². The largest absolute Gasteiger partial charge is 0.481 e. The molecule has 1 aliphatic heterocycles. The Bertz CT molecular complexity index is 397. The van der Waals surface area contributed by atoms with E-state index < -0.39 is 11.4 Å². The Labute approximate surface area is 127 Å². The van der Waals surface area contributed by atoms with Crippen LogP contribution in [-0.2, 0) is 9.59 Å². The molecule has 1 heterocycles. The van der Waals surface area contributed by atoms with Crippen molar-refractivity contribution >= 4 is 11.9 Å². The molecule has 0 aromatic rings. The molecule has 0 aromatic heterocycles. The molecule has 4 heteroatoms. The van der Waals surface area contributed by atoms with E-state index in [1.165, 1.54) is 0 Å². The fraction of sp³-hybridized carbons (Fsp3) is 0.882. The Kier molecular flexibility index (Phi) is 4.95. The van der Waals surface area contributed by atoms with Crippen LogP contribution in [0.3, 0.4) is 0 Å². The lowest BCUT2D eigenvalue weighted by molar-refractivity contribution is -0.158. The molecule has 0 bridgehead atoms. The van der Waals surface area contributed by atoms with Crippen molar-refractivity contribution in [3.05, 3.63) is 0 Å². The van der Waals surface area contributed by atoms with Crippen LogP contribution in [0.25, 0.3) is 0 Å². The summed E-state index contributed by atoms with van der Waals surface area (Å²) in [5.74, 6) is -0.497. The summed E-state index contributed by atoms with van der Waals surface area (Å²) in [5, 5.41) is 9.67. The van der Waals surface area contributed by atoms with Crippen LogP contribution >= 0.6 is 0 Å². The lowest BCUT2D eigenvalue weighted by Crippen LogP contribution is -2.53. The second-order valence-electron chi connectivity index (χ2n) is 7.01. The predicted octanol–water partition coefficient (Wildman–Crippen LogP) is 3.45. The van der Waals surface area contributed by atoms with E-state index in [2.05, 4.69) is 6.92 Å². The van der Waals surface area contributed by atoms with Gasteiger partial charge in [0.25, 0.3) is 0 Å². The summed E-state index contributed by atoms with van der Waals surface area (Å²) in [4.78, 5) is 26.6. The normalized spacial score (nSPS) is 28.6. The van der Waals surface area contributed by atoms with Crippen molar-refractivity contribution in [3.63, 3.8) is 0 Å². The molecule has 1 unspecified atom stereocenters. The highest BCUT2D eigenvalue weighted by atomic mass is 16.4. The average molecular weight is 295 g/mol. The molecule has 21 heavy (non-hydrogen) atoms. The van der Waals surface area contributed by atoms with Gasteiger partial charge in [0.15, 0.2) is 0 Å². The number of aliphatic carboxylic acids is 1. The molecule has 2 rings (SSSR count). The summed E-state index contributed by atoms with van der Waals surface area (Å²) in [6, 6.07) is 0. The minimum absolute atomic E-state index is 0.201. The molecule has 2 aliphatic rings. The maximum Gasteiger partial charge on any atom is 0.311 e. The van der Waals surface area contributed by atoms with Gasteiger partial charge < -0.3 is 10.0 Å². The lowest BCUT2D eigenvalue weighted by Gasteiger charge is -2.43. The van der Waals surface area contributed by atoms with Gasteiger partial charge in [0.05, 0.1) is 5.41 Å². The molecule has 4 nitrogen and oxygen atoms in total. The third-order valence-corrected chi connectivity index (χ3v) is 5.74. The molecular weight excluding hydrogens is 266 g/mol. The van der Waals surface area contributed by atoms with E-state index in [0.717, 1.165) is 51.5 Å². The number of nitrogens with zero attached hydrogens (tertiary/aromatic N) is 1. The Balaban J connectivity index is 2.16. The molecule has 1 amide bonds. The van der Waals surface area contributed by atoms with Gasteiger partial charge in [-0.2, -0.15) is 0 Å². The number of carbonyl (C=O) groups excluding carboxylic acids is 1. The fourth-order valence-corrected chi connectivity index (χ4v) is 4.38. The third kappa shape index (κ3) is 2.95. The van der Waals surface area contributed by atoms with Crippen molar-refractivity contribution in [2.45, 2.75) is 71.6 Å². The minimum Gasteiger partial charge on any atom is -0.481 e. The summed E-state index contributed by atoms with van der Waals surface area (Å²) >= 11 is 0. The van der Waals surface area contributed by atoms with Gasteiger partial charge in [0.1, 0.15) is 0 Å². The number of piperidine rings is 1. The van der Waals surface area contributed by atoms with Crippen LogP contribution in [-0.4, -0.2) is 35.0 Å². The van der Waals surface area contributed by atoms with E-state index in [1.807, 2.05) is 11.8 Å². The lowest BCUT2D eigenvalue weighted by atomic mass is 9.74. The molecule has 1 saturated heterocycles. The molecule has 0 spiro atoms. The molecule has 120 valence electrons. The van der Waals surface area contributed by atoms with Crippen molar-refractivity contribution in [3.8, 4) is 0 Å². The van der Waals surface area contributed by atoms with Crippen LogP contribution in [0.15, 0.2) is 0 Å². The van der Waals surface area contributed by atoms with Crippen LogP contribution in [0, 0.1) is 10.8 Å². The number of hydrogen-bond donors (Lipinski definition) is 1. The van der Waals surface area contributed by atoms with Crippen LogP contribution in [0.1, 0.15) is 71.6 Å².